The fourth-order valence-electron chi connectivity index (χ4n) is 4.68. The predicted octanol–water partition coefficient (Wildman–Crippen LogP) is 6.69. The molecule has 0 fully saturated rings. The van der Waals surface area contributed by atoms with E-state index < -0.39 is 6.10 Å². The molecule has 2 unspecified atom stereocenters. The van der Waals surface area contributed by atoms with Crippen LogP contribution in [0.15, 0.2) is 84.9 Å². The van der Waals surface area contributed by atoms with E-state index in [0.29, 0.717) is 57.7 Å². The first kappa shape index (κ1) is 47.4. The van der Waals surface area contributed by atoms with Crippen LogP contribution in [0.25, 0.3) is 0 Å². The summed E-state index contributed by atoms with van der Waals surface area (Å²) in [5.41, 5.74) is 21.4. The minimum atomic E-state index is -0.572. The zero-order chi connectivity index (χ0) is 41.8. The van der Waals surface area contributed by atoms with Crippen LogP contribution in [0.4, 0.5) is 11.4 Å². The molecule has 11 nitrogen and oxygen atoms in total. The Balaban J connectivity index is 0.000000447. The van der Waals surface area contributed by atoms with Gasteiger partial charge in [0.15, 0.2) is 34.7 Å². The number of aliphatic hydroxyl groups is 2. The van der Waals surface area contributed by atoms with Crippen molar-refractivity contribution in [1.29, 1.82) is 0 Å². The lowest BCUT2D eigenvalue weighted by molar-refractivity contribution is 0.0947. The zero-order valence-electron chi connectivity index (χ0n) is 32.8. The average Bonchev–Trinajstić information content (AvgIpc) is 3.14. The molecule has 0 aromatic heterocycles. The Morgan fingerprint density at radius 1 is 0.545 bits per heavy atom. The SMILES string of the molecule is CC(=O)c1cc(C(C)=O)cc(C(C)=O)c1.CC(O)CN.CCc1cccc(CC(=O)c2cc(C(C)=O)cc(C(=O)CCC(C)O)c2)c1.Nc1cccc(N)c1. The van der Waals surface area contributed by atoms with Crippen molar-refractivity contribution >= 4 is 46.1 Å². The number of hydrogen-bond donors (Lipinski definition) is 5. The Hall–Kier alpha value is -5.62. The molecule has 11 heteroatoms. The molecule has 0 aliphatic rings. The summed E-state index contributed by atoms with van der Waals surface area (Å²) in [5.74, 6) is -0.957. The van der Waals surface area contributed by atoms with E-state index in [1.165, 1.54) is 52.0 Å². The van der Waals surface area contributed by atoms with Gasteiger partial charge in [-0.3, -0.25) is 28.8 Å². The third-order valence-corrected chi connectivity index (χ3v) is 7.94. The van der Waals surface area contributed by atoms with Gasteiger partial charge in [-0.05, 0) is 120 Å². The Labute approximate surface area is 323 Å². The first-order chi connectivity index (χ1) is 25.8. The molecule has 4 aromatic carbocycles. The number of Topliss-reactive ketones (excluding diaryl/α,β-unsaturated/α-hetero) is 6. The molecule has 0 saturated carbocycles. The van der Waals surface area contributed by atoms with Gasteiger partial charge in [0.2, 0.25) is 0 Å². The third-order valence-electron chi connectivity index (χ3n) is 7.94. The maximum atomic E-state index is 12.8. The van der Waals surface area contributed by atoms with E-state index in [1.807, 2.05) is 30.3 Å². The first-order valence-corrected chi connectivity index (χ1v) is 17.9. The van der Waals surface area contributed by atoms with E-state index in [1.54, 1.807) is 44.2 Å². The van der Waals surface area contributed by atoms with Gasteiger partial charge in [-0.1, -0.05) is 37.3 Å². The summed E-state index contributed by atoms with van der Waals surface area (Å²) in [6, 6.07) is 24.2. The highest BCUT2D eigenvalue weighted by Crippen LogP contribution is 2.18. The van der Waals surface area contributed by atoms with Crippen molar-refractivity contribution < 1.29 is 39.0 Å². The molecule has 8 N–H and O–H groups in total. The third kappa shape index (κ3) is 18.3. The van der Waals surface area contributed by atoms with Gasteiger partial charge in [0.05, 0.1) is 12.2 Å². The second kappa shape index (κ2) is 23.9. The molecular formula is C44H55N3O8. The number of carbonyl (C=O) groups is 6. The molecule has 0 spiro atoms. The van der Waals surface area contributed by atoms with Crippen molar-refractivity contribution in [3.63, 3.8) is 0 Å². The number of aliphatic hydroxyl groups excluding tert-OH is 2. The van der Waals surface area contributed by atoms with Crippen molar-refractivity contribution in [2.75, 3.05) is 18.0 Å². The molecule has 0 aliphatic carbocycles. The normalized spacial score (nSPS) is 11.2. The second-order valence-corrected chi connectivity index (χ2v) is 13.2. The maximum absolute atomic E-state index is 12.8. The Morgan fingerprint density at radius 3 is 1.25 bits per heavy atom. The fraction of sp³-hybridized carbons (Fsp3) is 0.318. The lowest BCUT2D eigenvalue weighted by Crippen LogP contribution is -2.14. The molecule has 0 bridgehead atoms. The van der Waals surface area contributed by atoms with Gasteiger partial charge in [0.25, 0.3) is 0 Å². The van der Waals surface area contributed by atoms with Crippen molar-refractivity contribution in [1.82, 2.24) is 0 Å². The van der Waals surface area contributed by atoms with E-state index in [-0.39, 0.29) is 53.6 Å². The van der Waals surface area contributed by atoms with Crippen molar-refractivity contribution in [3.8, 4) is 0 Å². The minimum absolute atomic E-state index is 0.129. The Bertz CT molecular complexity index is 1850. The van der Waals surface area contributed by atoms with Crippen LogP contribution in [-0.4, -0.2) is 63.7 Å². The van der Waals surface area contributed by atoms with Gasteiger partial charge < -0.3 is 27.4 Å². The fourth-order valence-corrected chi connectivity index (χ4v) is 4.68. The lowest BCUT2D eigenvalue weighted by atomic mass is 9.94. The van der Waals surface area contributed by atoms with Crippen LogP contribution in [-0.2, 0) is 12.8 Å². The minimum Gasteiger partial charge on any atom is -0.399 e. The number of benzene rings is 4. The number of nitrogen functional groups attached to an aromatic ring is 2. The van der Waals surface area contributed by atoms with Crippen molar-refractivity contribution in [2.45, 2.75) is 86.4 Å². The highest BCUT2D eigenvalue weighted by Gasteiger charge is 2.16. The number of nitrogens with two attached hydrogens (primary N) is 3. The number of anilines is 2. The molecule has 294 valence electrons. The molecule has 0 radical (unpaired) electrons. The topological polar surface area (TPSA) is 221 Å². The quantitative estimate of drug-likeness (QED) is 0.0715. The summed E-state index contributed by atoms with van der Waals surface area (Å²) in [7, 11) is 0. The summed E-state index contributed by atoms with van der Waals surface area (Å²) in [5, 5.41) is 17.6. The molecule has 0 amide bonds. The summed E-state index contributed by atoms with van der Waals surface area (Å²) >= 11 is 0. The predicted molar refractivity (Wildman–Crippen MR) is 218 cm³/mol. The van der Waals surface area contributed by atoms with Crippen LogP contribution in [0.3, 0.4) is 0 Å². The van der Waals surface area contributed by atoms with E-state index in [0.717, 1.165) is 17.5 Å². The molecular weight excluding hydrogens is 698 g/mol. The van der Waals surface area contributed by atoms with Crippen LogP contribution in [0.2, 0.25) is 0 Å². The highest BCUT2D eigenvalue weighted by atomic mass is 16.3. The number of hydrogen-bond acceptors (Lipinski definition) is 11. The number of aryl methyl sites for hydroxylation is 1. The van der Waals surface area contributed by atoms with Crippen LogP contribution in [0, 0.1) is 0 Å². The summed E-state index contributed by atoms with van der Waals surface area (Å²) in [6.45, 7) is 11.3. The van der Waals surface area contributed by atoms with E-state index in [4.69, 9.17) is 22.3 Å². The van der Waals surface area contributed by atoms with Gasteiger partial charge >= 0.3 is 0 Å². The van der Waals surface area contributed by atoms with E-state index in [2.05, 4.69) is 6.92 Å². The lowest BCUT2D eigenvalue weighted by Gasteiger charge is -2.09. The summed E-state index contributed by atoms with van der Waals surface area (Å²) in [6.07, 6.45) is 0.716. The van der Waals surface area contributed by atoms with Crippen LogP contribution in [0.5, 0.6) is 0 Å². The van der Waals surface area contributed by atoms with Crippen LogP contribution in [0.1, 0.15) is 135 Å². The van der Waals surface area contributed by atoms with Gasteiger partial charge in [-0.25, -0.2) is 0 Å². The van der Waals surface area contributed by atoms with E-state index >= 15 is 0 Å². The highest BCUT2D eigenvalue weighted by molar-refractivity contribution is 6.06. The van der Waals surface area contributed by atoms with Crippen LogP contribution >= 0.6 is 0 Å². The van der Waals surface area contributed by atoms with Gasteiger partial charge in [-0.15, -0.1) is 0 Å². The van der Waals surface area contributed by atoms with Crippen molar-refractivity contribution in [3.05, 3.63) is 129 Å². The van der Waals surface area contributed by atoms with Gasteiger partial charge in [0, 0.05) is 64.1 Å². The number of ketones is 6. The van der Waals surface area contributed by atoms with Gasteiger partial charge in [0.1, 0.15) is 0 Å². The van der Waals surface area contributed by atoms with E-state index in [9.17, 15) is 33.9 Å². The number of rotatable bonds is 13. The smallest absolute Gasteiger partial charge is 0.167 e. The molecule has 55 heavy (non-hydrogen) atoms. The summed E-state index contributed by atoms with van der Waals surface area (Å²) in [4.78, 5) is 70.5. The molecule has 4 rings (SSSR count). The molecule has 0 saturated heterocycles. The zero-order valence-corrected chi connectivity index (χ0v) is 32.8. The largest absolute Gasteiger partial charge is 0.399 e. The molecule has 0 heterocycles. The van der Waals surface area contributed by atoms with Crippen LogP contribution < -0.4 is 17.2 Å². The summed E-state index contributed by atoms with van der Waals surface area (Å²) < 4.78 is 0. The van der Waals surface area contributed by atoms with Gasteiger partial charge in [-0.2, -0.15) is 0 Å². The average molecular weight is 754 g/mol. The monoisotopic (exact) mass is 753 g/mol. The molecule has 4 aromatic rings. The maximum Gasteiger partial charge on any atom is 0.167 e. The Morgan fingerprint density at radius 2 is 0.909 bits per heavy atom. The molecule has 2 atom stereocenters. The number of carbonyl (C=O) groups excluding carboxylic acids is 6. The van der Waals surface area contributed by atoms with Crippen molar-refractivity contribution in [2.24, 2.45) is 5.73 Å². The standard InChI is InChI=1S/C23H26O4.C12H12O3.C6H8N2.C3H9NO/c1-4-17-6-5-7-18(10-17)11-23(27)21-13-19(16(3)25)12-20(14-21)22(26)9-8-15(2)24;1-7(13)10-4-11(8(2)14)6-12(5-10)9(3)15;7-5-2-1-3-6(8)4-5;1-3(5)2-4/h5-7,10,12-15,24H,4,8-9,11H2,1-3H3;4-6H,1-3H3;1-4H,7-8H2;3,5H,2,4H2,1H3. The Kier molecular flexibility index (Phi) is 20.6. The first-order valence-electron chi connectivity index (χ1n) is 17.9. The second-order valence-electron chi connectivity index (χ2n) is 13.2. The molecule has 0 aliphatic heterocycles.